The van der Waals surface area contributed by atoms with Crippen LogP contribution in [0.3, 0.4) is 0 Å². The van der Waals surface area contributed by atoms with Crippen molar-refractivity contribution in [3.8, 4) is 17.2 Å². The van der Waals surface area contributed by atoms with E-state index in [2.05, 4.69) is 4.98 Å². The van der Waals surface area contributed by atoms with Gasteiger partial charge in [0.05, 0.1) is 23.9 Å². The third kappa shape index (κ3) is 5.40. The fraction of sp³-hybridized carbons (Fsp3) is 0.364. The van der Waals surface area contributed by atoms with Gasteiger partial charge in [-0.3, -0.25) is 9.69 Å². The van der Waals surface area contributed by atoms with Gasteiger partial charge in [0.2, 0.25) is 0 Å². The van der Waals surface area contributed by atoms with Crippen molar-refractivity contribution in [1.82, 2.24) is 9.88 Å². The zero-order valence-electron chi connectivity index (χ0n) is 17.8. The van der Waals surface area contributed by atoms with Crippen molar-refractivity contribution in [3.63, 3.8) is 0 Å². The zero-order chi connectivity index (χ0) is 21.5. The highest BCUT2D eigenvalue weighted by Crippen LogP contribution is 2.32. The van der Waals surface area contributed by atoms with Gasteiger partial charge in [-0.1, -0.05) is 23.5 Å². The molecule has 3 rings (SSSR count). The molecule has 0 bridgehead atoms. The van der Waals surface area contributed by atoms with Crippen molar-refractivity contribution in [2.24, 2.45) is 0 Å². The second kappa shape index (κ2) is 10.3. The van der Waals surface area contributed by atoms with Crippen molar-refractivity contribution >= 4 is 32.6 Å². The van der Waals surface area contributed by atoms with Crippen LogP contribution in [-0.4, -0.2) is 63.3 Å². The molecule has 0 fully saturated rings. The normalized spacial score (nSPS) is 11.0. The summed E-state index contributed by atoms with van der Waals surface area (Å²) in [5, 5.41) is 0.647. The Hall–Kier alpha value is -2.84. The first-order valence-electron chi connectivity index (χ1n) is 9.76. The highest BCUT2D eigenvalue weighted by Gasteiger charge is 2.21. The molecule has 30 heavy (non-hydrogen) atoms. The summed E-state index contributed by atoms with van der Waals surface area (Å²) >= 11 is 1.47. The average molecular weight is 430 g/mol. The lowest BCUT2D eigenvalue weighted by Crippen LogP contribution is -2.39. The summed E-state index contributed by atoms with van der Waals surface area (Å²) in [7, 11) is 5.52. The maximum absolute atomic E-state index is 13.1. The number of fused-ring (bicyclic) bond motifs is 1. The van der Waals surface area contributed by atoms with Gasteiger partial charge in [-0.2, -0.15) is 0 Å². The average Bonchev–Trinajstić information content (AvgIpc) is 3.15. The predicted octanol–water partition coefficient (Wildman–Crippen LogP) is 3.68. The Morgan fingerprint density at radius 1 is 1.07 bits per heavy atom. The quantitative estimate of drug-likeness (QED) is 0.490. The Labute approximate surface area is 180 Å². The van der Waals surface area contributed by atoms with E-state index in [9.17, 15) is 4.79 Å². The molecule has 1 amide bonds. The molecule has 0 unspecified atom stereocenters. The molecule has 0 saturated carbocycles. The van der Waals surface area contributed by atoms with Gasteiger partial charge >= 0.3 is 0 Å². The molecule has 0 saturated heterocycles. The smallest absolute Gasteiger partial charge is 0.266 e. The highest BCUT2D eigenvalue weighted by atomic mass is 32.1. The van der Waals surface area contributed by atoms with Gasteiger partial charge in [-0.25, -0.2) is 4.98 Å². The largest absolute Gasteiger partial charge is 0.494 e. The molecule has 2 aromatic carbocycles. The lowest BCUT2D eigenvalue weighted by Gasteiger charge is -2.22. The van der Waals surface area contributed by atoms with Crippen LogP contribution in [0.1, 0.15) is 6.92 Å². The van der Waals surface area contributed by atoms with E-state index < -0.39 is 0 Å². The third-order valence-electron chi connectivity index (χ3n) is 4.38. The molecular formula is C22H27N3O4S. The van der Waals surface area contributed by atoms with E-state index in [0.717, 1.165) is 16.0 Å². The summed E-state index contributed by atoms with van der Waals surface area (Å²) in [5.41, 5.74) is 0.840. The van der Waals surface area contributed by atoms with E-state index in [-0.39, 0.29) is 12.5 Å². The van der Waals surface area contributed by atoms with E-state index in [4.69, 9.17) is 14.2 Å². The molecule has 1 heterocycles. The van der Waals surface area contributed by atoms with Crippen LogP contribution in [0.15, 0.2) is 42.5 Å². The lowest BCUT2D eigenvalue weighted by atomic mass is 10.3. The molecular weight excluding hydrogens is 402 g/mol. The Morgan fingerprint density at radius 3 is 2.53 bits per heavy atom. The van der Waals surface area contributed by atoms with Gasteiger partial charge in [0.15, 0.2) is 23.2 Å². The summed E-state index contributed by atoms with van der Waals surface area (Å²) < 4.78 is 17.6. The van der Waals surface area contributed by atoms with Crippen LogP contribution in [0.25, 0.3) is 10.2 Å². The minimum atomic E-state index is -0.160. The number of methoxy groups -OCH3 is 1. The number of ether oxygens (including phenoxy) is 3. The second-order valence-electron chi connectivity index (χ2n) is 6.85. The maximum atomic E-state index is 13.1. The van der Waals surface area contributed by atoms with Crippen molar-refractivity contribution in [1.29, 1.82) is 0 Å². The van der Waals surface area contributed by atoms with Crippen LogP contribution in [0, 0.1) is 0 Å². The fourth-order valence-corrected chi connectivity index (χ4v) is 3.88. The van der Waals surface area contributed by atoms with Gasteiger partial charge in [-0.15, -0.1) is 0 Å². The number of nitrogens with zero attached hydrogens (tertiary/aromatic N) is 3. The number of benzene rings is 2. The van der Waals surface area contributed by atoms with Gasteiger partial charge < -0.3 is 19.1 Å². The summed E-state index contributed by atoms with van der Waals surface area (Å²) in [6.07, 6.45) is 0. The lowest BCUT2D eigenvalue weighted by molar-refractivity contribution is -0.120. The van der Waals surface area contributed by atoms with Crippen LogP contribution in [-0.2, 0) is 4.79 Å². The Kier molecular flexibility index (Phi) is 7.48. The minimum absolute atomic E-state index is 0.103. The van der Waals surface area contributed by atoms with E-state index in [1.165, 1.54) is 11.3 Å². The van der Waals surface area contributed by atoms with Crippen LogP contribution < -0.4 is 19.1 Å². The summed E-state index contributed by atoms with van der Waals surface area (Å²) in [6, 6.07) is 13.0. The summed E-state index contributed by atoms with van der Waals surface area (Å²) in [5.74, 6) is 1.76. The molecule has 0 aliphatic rings. The molecule has 0 atom stereocenters. The number of carbonyl (C=O) groups excluding carboxylic acids is 1. The van der Waals surface area contributed by atoms with Gasteiger partial charge in [-0.05, 0) is 51.4 Å². The van der Waals surface area contributed by atoms with Gasteiger partial charge in [0.1, 0.15) is 5.75 Å². The van der Waals surface area contributed by atoms with Crippen molar-refractivity contribution in [2.45, 2.75) is 6.92 Å². The Balaban J connectivity index is 1.81. The highest BCUT2D eigenvalue weighted by molar-refractivity contribution is 7.22. The van der Waals surface area contributed by atoms with E-state index in [1.807, 2.05) is 56.3 Å². The number of thiazole rings is 1. The molecule has 0 N–H and O–H groups in total. The SMILES string of the molecule is CCOc1ccc2nc(N(CCN(C)C)C(=O)COc3ccccc3OC)sc2c1. The Morgan fingerprint density at radius 2 is 1.83 bits per heavy atom. The molecule has 8 heteroatoms. The number of para-hydroxylation sites is 2. The number of rotatable bonds is 10. The number of hydrogen-bond donors (Lipinski definition) is 0. The molecule has 3 aromatic rings. The minimum Gasteiger partial charge on any atom is -0.494 e. The van der Waals surface area contributed by atoms with Gasteiger partial charge in [0.25, 0.3) is 5.91 Å². The molecule has 0 aliphatic heterocycles. The van der Waals surface area contributed by atoms with E-state index in [0.29, 0.717) is 36.3 Å². The number of carbonyl (C=O) groups is 1. The first kappa shape index (κ1) is 21.9. The molecule has 0 spiro atoms. The van der Waals surface area contributed by atoms with Crippen LogP contribution in [0.5, 0.6) is 17.2 Å². The Bertz CT molecular complexity index is 989. The predicted molar refractivity (Wildman–Crippen MR) is 120 cm³/mol. The fourth-order valence-electron chi connectivity index (χ4n) is 2.85. The summed E-state index contributed by atoms with van der Waals surface area (Å²) in [6.45, 7) is 3.67. The topological polar surface area (TPSA) is 64.1 Å². The number of hydrogen-bond acceptors (Lipinski definition) is 7. The molecule has 0 radical (unpaired) electrons. The molecule has 160 valence electrons. The number of amides is 1. The first-order valence-corrected chi connectivity index (χ1v) is 10.6. The monoisotopic (exact) mass is 429 g/mol. The first-order chi connectivity index (χ1) is 14.5. The molecule has 0 aliphatic carbocycles. The van der Waals surface area contributed by atoms with Crippen molar-refractivity contribution in [3.05, 3.63) is 42.5 Å². The van der Waals surface area contributed by atoms with Crippen LogP contribution in [0.4, 0.5) is 5.13 Å². The van der Waals surface area contributed by atoms with Crippen LogP contribution in [0.2, 0.25) is 0 Å². The standard InChI is InChI=1S/C22H27N3O4S/c1-5-28-16-10-11-17-20(14-16)30-22(23-17)25(13-12-24(2)3)21(26)15-29-19-9-7-6-8-18(19)27-4/h6-11,14H,5,12-13,15H2,1-4H3. The van der Waals surface area contributed by atoms with Crippen molar-refractivity contribution < 1.29 is 19.0 Å². The van der Waals surface area contributed by atoms with Crippen molar-refractivity contribution in [2.75, 3.05) is 52.4 Å². The summed E-state index contributed by atoms with van der Waals surface area (Å²) in [4.78, 5) is 21.4. The maximum Gasteiger partial charge on any atom is 0.266 e. The van der Waals surface area contributed by atoms with E-state index in [1.54, 1.807) is 24.1 Å². The molecule has 7 nitrogen and oxygen atoms in total. The van der Waals surface area contributed by atoms with Gasteiger partial charge in [0, 0.05) is 13.1 Å². The zero-order valence-corrected chi connectivity index (χ0v) is 18.6. The second-order valence-corrected chi connectivity index (χ2v) is 7.86. The number of anilines is 1. The third-order valence-corrected chi connectivity index (χ3v) is 5.42. The number of aromatic nitrogens is 1. The van der Waals surface area contributed by atoms with Crippen LogP contribution >= 0.6 is 11.3 Å². The van der Waals surface area contributed by atoms with E-state index >= 15 is 0 Å². The molecule has 1 aromatic heterocycles. The number of likely N-dealkylation sites (N-methyl/N-ethyl adjacent to an activating group) is 1.